The fourth-order valence-electron chi connectivity index (χ4n) is 1.50. The zero-order valence-electron chi connectivity index (χ0n) is 10.2. The molecule has 0 radical (unpaired) electrons. The molecule has 1 aromatic rings. The highest BCUT2D eigenvalue weighted by molar-refractivity contribution is 9.10. The van der Waals surface area contributed by atoms with Crippen LogP contribution >= 0.6 is 15.9 Å². The van der Waals surface area contributed by atoms with E-state index in [-0.39, 0.29) is 0 Å². The predicted molar refractivity (Wildman–Crippen MR) is 68.5 cm³/mol. The summed E-state index contributed by atoms with van der Waals surface area (Å²) in [5.74, 6) is 0. The molecule has 0 fully saturated rings. The summed E-state index contributed by atoms with van der Waals surface area (Å²) in [6.07, 6.45) is 0. The number of halogens is 1. The predicted octanol–water partition coefficient (Wildman–Crippen LogP) is 2.10. The summed E-state index contributed by atoms with van der Waals surface area (Å²) in [5.41, 5.74) is 2.14. The molecule has 0 saturated carbocycles. The molecule has 0 aliphatic heterocycles. The number of nitrogens with zero attached hydrogens (tertiary/aromatic N) is 2. The largest absolute Gasteiger partial charge is 0.374 e. The van der Waals surface area contributed by atoms with E-state index in [4.69, 9.17) is 4.74 Å². The molecule has 92 valence electrons. The Morgan fingerprint density at radius 2 is 2.19 bits per heavy atom. The average Bonchev–Trinajstić information content (AvgIpc) is 2.56. The fraction of sp³-hybridized carbons (Fsp3) is 0.727. The van der Waals surface area contributed by atoms with E-state index in [1.165, 1.54) is 0 Å². The maximum absolute atomic E-state index is 5.61. The Bertz CT molecular complexity index is 325. The Morgan fingerprint density at radius 3 is 2.81 bits per heavy atom. The van der Waals surface area contributed by atoms with E-state index in [1.807, 2.05) is 11.6 Å². The van der Waals surface area contributed by atoms with Gasteiger partial charge in [-0.15, -0.1) is 0 Å². The third-order valence-electron chi connectivity index (χ3n) is 2.36. The summed E-state index contributed by atoms with van der Waals surface area (Å²) in [5, 5.41) is 7.64. The molecule has 1 aromatic heterocycles. The highest BCUT2D eigenvalue weighted by atomic mass is 79.9. The Kier molecular flexibility index (Phi) is 6.01. The standard InChI is InChI=1S/C11H20BrN3O/c1-4-13-6-7-16-8-10-11(12)9(3)14-15(10)5-2/h13H,4-8H2,1-3H3. The summed E-state index contributed by atoms with van der Waals surface area (Å²) in [4.78, 5) is 0. The highest BCUT2D eigenvalue weighted by Gasteiger charge is 2.11. The van der Waals surface area contributed by atoms with Crippen molar-refractivity contribution in [2.24, 2.45) is 0 Å². The topological polar surface area (TPSA) is 39.1 Å². The van der Waals surface area contributed by atoms with Crippen LogP contribution in [0.2, 0.25) is 0 Å². The fourth-order valence-corrected chi connectivity index (χ4v) is 1.90. The van der Waals surface area contributed by atoms with Crippen LogP contribution in [0.3, 0.4) is 0 Å². The highest BCUT2D eigenvalue weighted by Crippen LogP contribution is 2.21. The van der Waals surface area contributed by atoms with Crippen LogP contribution in [0.25, 0.3) is 0 Å². The molecule has 1 N–H and O–H groups in total. The zero-order valence-corrected chi connectivity index (χ0v) is 11.8. The van der Waals surface area contributed by atoms with Gasteiger partial charge in [0.15, 0.2) is 0 Å². The lowest BCUT2D eigenvalue weighted by Crippen LogP contribution is -2.19. The van der Waals surface area contributed by atoms with Crippen molar-refractivity contribution in [1.29, 1.82) is 0 Å². The first-order chi connectivity index (χ1) is 7.70. The second kappa shape index (κ2) is 7.04. The van der Waals surface area contributed by atoms with Crippen LogP contribution in [0.4, 0.5) is 0 Å². The van der Waals surface area contributed by atoms with Crippen LogP contribution in [0.1, 0.15) is 25.2 Å². The van der Waals surface area contributed by atoms with Crippen molar-refractivity contribution >= 4 is 15.9 Å². The molecule has 4 nitrogen and oxygen atoms in total. The van der Waals surface area contributed by atoms with Crippen LogP contribution in [0.5, 0.6) is 0 Å². The molecule has 0 aromatic carbocycles. The van der Waals surface area contributed by atoms with E-state index in [0.717, 1.165) is 42.1 Å². The van der Waals surface area contributed by atoms with Gasteiger partial charge in [-0.25, -0.2) is 0 Å². The number of aryl methyl sites for hydroxylation is 2. The average molecular weight is 290 g/mol. The Morgan fingerprint density at radius 1 is 1.44 bits per heavy atom. The van der Waals surface area contributed by atoms with Gasteiger partial charge in [0.1, 0.15) is 0 Å². The van der Waals surface area contributed by atoms with Crippen molar-refractivity contribution in [3.05, 3.63) is 15.9 Å². The van der Waals surface area contributed by atoms with Gasteiger partial charge >= 0.3 is 0 Å². The van der Waals surface area contributed by atoms with Gasteiger partial charge in [0.25, 0.3) is 0 Å². The van der Waals surface area contributed by atoms with Gasteiger partial charge in [-0.2, -0.15) is 5.10 Å². The third-order valence-corrected chi connectivity index (χ3v) is 3.40. The molecule has 0 aliphatic carbocycles. The molecule has 0 amide bonds. The molecule has 0 unspecified atom stereocenters. The number of rotatable bonds is 7. The molecule has 0 bridgehead atoms. The maximum Gasteiger partial charge on any atom is 0.0897 e. The molecule has 5 heteroatoms. The molecule has 0 atom stereocenters. The number of ether oxygens (including phenoxy) is 1. The monoisotopic (exact) mass is 289 g/mol. The van der Waals surface area contributed by atoms with Crippen molar-refractivity contribution in [3.63, 3.8) is 0 Å². The smallest absolute Gasteiger partial charge is 0.0897 e. The number of hydrogen-bond donors (Lipinski definition) is 1. The van der Waals surface area contributed by atoms with Gasteiger partial charge in [0, 0.05) is 13.1 Å². The van der Waals surface area contributed by atoms with Crippen LogP contribution in [0.15, 0.2) is 4.47 Å². The lowest BCUT2D eigenvalue weighted by Gasteiger charge is -2.07. The second-order valence-electron chi connectivity index (χ2n) is 3.57. The van der Waals surface area contributed by atoms with Crippen molar-refractivity contribution in [2.45, 2.75) is 33.9 Å². The van der Waals surface area contributed by atoms with E-state index in [0.29, 0.717) is 6.61 Å². The van der Waals surface area contributed by atoms with Gasteiger partial charge < -0.3 is 10.1 Å². The van der Waals surface area contributed by atoms with Crippen molar-refractivity contribution in [2.75, 3.05) is 19.7 Å². The first-order valence-corrected chi connectivity index (χ1v) is 6.50. The van der Waals surface area contributed by atoms with Gasteiger partial charge in [-0.1, -0.05) is 6.92 Å². The zero-order chi connectivity index (χ0) is 12.0. The minimum atomic E-state index is 0.612. The summed E-state index contributed by atoms with van der Waals surface area (Å²) in [6.45, 7) is 10.3. The van der Waals surface area contributed by atoms with E-state index in [2.05, 4.69) is 40.2 Å². The quantitative estimate of drug-likeness (QED) is 0.782. The van der Waals surface area contributed by atoms with Crippen molar-refractivity contribution < 1.29 is 4.74 Å². The third kappa shape index (κ3) is 3.57. The SMILES string of the molecule is CCNCCOCc1c(Br)c(C)nn1CC. The van der Waals surface area contributed by atoms with Crippen LogP contribution < -0.4 is 5.32 Å². The van der Waals surface area contributed by atoms with Crippen LogP contribution in [-0.4, -0.2) is 29.5 Å². The molecular weight excluding hydrogens is 270 g/mol. The molecule has 0 aliphatic rings. The second-order valence-corrected chi connectivity index (χ2v) is 4.36. The Hall–Kier alpha value is -0.390. The minimum Gasteiger partial charge on any atom is -0.374 e. The number of hydrogen-bond acceptors (Lipinski definition) is 3. The number of aromatic nitrogens is 2. The van der Waals surface area contributed by atoms with Crippen molar-refractivity contribution in [3.8, 4) is 0 Å². The lowest BCUT2D eigenvalue weighted by atomic mass is 10.4. The molecule has 1 heterocycles. The van der Waals surface area contributed by atoms with Crippen LogP contribution in [0, 0.1) is 6.92 Å². The summed E-state index contributed by atoms with van der Waals surface area (Å²) < 4.78 is 8.65. The molecule has 0 spiro atoms. The first-order valence-electron chi connectivity index (χ1n) is 5.70. The maximum atomic E-state index is 5.61. The summed E-state index contributed by atoms with van der Waals surface area (Å²) in [7, 11) is 0. The molecule has 1 rings (SSSR count). The summed E-state index contributed by atoms with van der Waals surface area (Å²) >= 11 is 3.55. The van der Waals surface area contributed by atoms with Gasteiger partial charge in [0.05, 0.1) is 29.1 Å². The molecular formula is C11H20BrN3O. The van der Waals surface area contributed by atoms with Crippen molar-refractivity contribution in [1.82, 2.24) is 15.1 Å². The number of likely N-dealkylation sites (N-methyl/N-ethyl adjacent to an activating group) is 1. The van der Waals surface area contributed by atoms with Gasteiger partial charge in [-0.3, -0.25) is 4.68 Å². The lowest BCUT2D eigenvalue weighted by molar-refractivity contribution is 0.117. The van der Waals surface area contributed by atoms with E-state index in [9.17, 15) is 0 Å². The van der Waals surface area contributed by atoms with Crippen LogP contribution in [-0.2, 0) is 17.9 Å². The normalized spacial score (nSPS) is 11.0. The van der Waals surface area contributed by atoms with Gasteiger partial charge in [-0.05, 0) is 36.3 Å². The molecule has 0 saturated heterocycles. The van der Waals surface area contributed by atoms with Gasteiger partial charge in [0.2, 0.25) is 0 Å². The first kappa shape index (κ1) is 13.7. The van der Waals surface area contributed by atoms with E-state index < -0.39 is 0 Å². The van der Waals surface area contributed by atoms with E-state index in [1.54, 1.807) is 0 Å². The minimum absolute atomic E-state index is 0.612. The van der Waals surface area contributed by atoms with E-state index >= 15 is 0 Å². The summed E-state index contributed by atoms with van der Waals surface area (Å²) in [6, 6.07) is 0. The molecule has 16 heavy (non-hydrogen) atoms. The number of nitrogens with one attached hydrogen (secondary N) is 1. The Labute approximate surface area is 105 Å². The Balaban J connectivity index is 2.46.